The van der Waals surface area contributed by atoms with Gasteiger partial charge in [0.05, 0.1) is 6.07 Å². The van der Waals surface area contributed by atoms with Crippen LogP contribution < -0.4 is 4.74 Å². The predicted molar refractivity (Wildman–Crippen MR) is 99.0 cm³/mol. The van der Waals surface area contributed by atoms with Gasteiger partial charge < -0.3 is 4.74 Å². The van der Waals surface area contributed by atoms with E-state index in [0.29, 0.717) is 5.75 Å². The first kappa shape index (κ1) is 17.5. The Morgan fingerprint density at radius 1 is 1.26 bits per heavy atom. The lowest BCUT2D eigenvalue weighted by Gasteiger charge is -2.23. The number of fused-ring (bicyclic) bond motifs is 1. The van der Waals surface area contributed by atoms with Gasteiger partial charge in [-0.15, -0.1) is 10.2 Å². The van der Waals surface area contributed by atoms with Crippen molar-refractivity contribution < 1.29 is 9.13 Å². The summed E-state index contributed by atoms with van der Waals surface area (Å²) in [5.74, 6) is 2.07. The quantitative estimate of drug-likeness (QED) is 0.663. The summed E-state index contributed by atoms with van der Waals surface area (Å²) in [6, 6.07) is 10.2. The van der Waals surface area contributed by atoms with E-state index in [1.54, 1.807) is 19.1 Å². The topological polar surface area (TPSA) is 63.2 Å². The van der Waals surface area contributed by atoms with Crippen molar-refractivity contribution in [2.45, 2.75) is 38.5 Å². The highest BCUT2D eigenvalue weighted by Gasteiger charge is 2.28. The summed E-state index contributed by atoms with van der Waals surface area (Å²) >= 11 is 0. The Balaban J connectivity index is 1.56. The van der Waals surface area contributed by atoms with Gasteiger partial charge in [0.2, 0.25) is 0 Å². The Kier molecular flexibility index (Phi) is 4.31. The van der Waals surface area contributed by atoms with Crippen molar-refractivity contribution in [1.29, 1.82) is 5.26 Å². The van der Waals surface area contributed by atoms with Gasteiger partial charge >= 0.3 is 0 Å². The van der Waals surface area contributed by atoms with Gasteiger partial charge in [0, 0.05) is 18.2 Å². The number of benzene rings is 1. The molecule has 1 aliphatic carbocycles. The maximum absolute atomic E-state index is 13.2. The van der Waals surface area contributed by atoms with Crippen LogP contribution in [0.5, 0.6) is 5.75 Å². The zero-order chi connectivity index (χ0) is 19.0. The molecule has 3 aromatic rings. The third kappa shape index (κ3) is 3.37. The number of nitrogens with zero attached hydrogens (tertiary/aromatic N) is 4. The summed E-state index contributed by atoms with van der Waals surface area (Å²) in [7, 11) is 0. The molecule has 1 aromatic carbocycles. The average molecular weight is 364 g/mol. The van der Waals surface area contributed by atoms with Crippen LogP contribution in [0.4, 0.5) is 4.39 Å². The van der Waals surface area contributed by atoms with Crippen LogP contribution in [0.25, 0.3) is 5.65 Å². The second-order valence-corrected chi connectivity index (χ2v) is 7.50. The standard InChI is InChI=1S/C21H21FN4O/c1-14-18(9-10-26-19(11-15-3-4-15)24-25-20(14)26)27-13-21(2,12-23)16-5-7-17(22)8-6-16/h5-10,15H,3-4,11,13H2,1-2H3/t21-/m0/s1. The molecular formula is C21H21FN4O. The molecule has 0 N–H and O–H groups in total. The van der Waals surface area contributed by atoms with Crippen LogP contribution in [-0.2, 0) is 11.8 Å². The molecular weight excluding hydrogens is 343 g/mol. The van der Waals surface area contributed by atoms with Crippen LogP contribution in [0.1, 0.15) is 36.7 Å². The molecule has 0 radical (unpaired) electrons. The first-order valence-corrected chi connectivity index (χ1v) is 9.13. The number of aromatic nitrogens is 3. The van der Waals surface area contributed by atoms with Crippen molar-refractivity contribution in [1.82, 2.24) is 14.6 Å². The van der Waals surface area contributed by atoms with Crippen molar-refractivity contribution in [2.24, 2.45) is 5.92 Å². The molecule has 0 amide bonds. The Hall–Kier alpha value is -2.94. The fraction of sp³-hybridized carbons (Fsp3) is 0.381. The highest BCUT2D eigenvalue weighted by molar-refractivity contribution is 5.54. The van der Waals surface area contributed by atoms with Crippen LogP contribution in [-0.4, -0.2) is 21.2 Å². The number of aryl methyl sites for hydroxylation is 1. The van der Waals surface area contributed by atoms with Crippen molar-refractivity contribution in [3.8, 4) is 11.8 Å². The first-order valence-electron chi connectivity index (χ1n) is 9.13. The summed E-state index contributed by atoms with van der Waals surface area (Å²) in [5, 5.41) is 18.3. The second kappa shape index (κ2) is 6.66. The van der Waals surface area contributed by atoms with Crippen LogP contribution >= 0.6 is 0 Å². The molecule has 1 aliphatic rings. The van der Waals surface area contributed by atoms with E-state index in [9.17, 15) is 9.65 Å². The Labute approximate surface area is 157 Å². The number of nitriles is 1. The van der Waals surface area contributed by atoms with Gasteiger partial charge in [0.1, 0.15) is 29.4 Å². The van der Waals surface area contributed by atoms with E-state index in [1.807, 2.05) is 23.6 Å². The molecule has 0 bridgehead atoms. The lowest BCUT2D eigenvalue weighted by atomic mass is 9.85. The average Bonchev–Trinajstić information content (AvgIpc) is 3.40. The number of pyridine rings is 1. The highest BCUT2D eigenvalue weighted by atomic mass is 19.1. The number of hydrogen-bond acceptors (Lipinski definition) is 4. The van der Waals surface area contributed by atoms with E-state index >= 15 is 0 Å². The monoisotopic (exact) mass is 364 g/mol. The highest BCUT2D eigenvalue weighted by Crippen LogP contribution is 2.33. The molecule has 0 spiro atoms. The molecule has 1 fully saturated rings. The SMILES string of the molecule is Cc1c(OC[C@](C)(C#N)c2ccc(F)cc2)ccn2c(CC3CC3)nnc12. The zero-order valence-corrected chi connectivity index (χ0v) is 15.4. The van der Waals surface area contributed by atoms with E-state index in [2.05, 4.69) is 16.3 Å². The minimum atomic E-state index is -0.878. The molecule has 1 atom stereocenters. The van der Waals surface area contributed by atoms with Gasteiger partial charge in [-0.3, -0.25) is 4.40 Å². The summed E-state index contributed by atoms with van der Waals surface area (Å²) in [5.41, 5.74) is 1.52. The summed E-state index contributed by atoms with van der Waals surface area (Å²) in [6.07, 6.45) is 5.42. The lowest BCUT2D eigenvalue weighted by Crippen LogP contribution is -2.28. The zero-order valence-electron chi connectivity index (χ0n) is 15.4. The lowest BCUT2D eigenvalue weighted by molar-refractivity contribution is 0.261. The van der Waals surface area contributed by atoms with Gasteiger partial charge in [0.15, 0.2) is 5.65 Å². The van der Waals surface area contributed by atoms with Gasteiger partial charge in [-0.2, -0.15) is 5.26 Å². The van der Waals surface area contributed by atoms with E-state index in [1.165, 1.54) is 25.0 Å². The summed E-state index contributed by atoms with van der Waals surface area (Å²) in [6.45, 7) is 3.90. The van der Waals surface area contributed by atoms with E-state index in [0.717, 1.165) is 34.9 Å². The minimum absolute atomic E-state index is 0.162. The Morgan fingerprint density at radius 2 is 2.00 bits per heavy atom. The van der Waals surface area contributed by atoms with Crippen LogP contribution in [0.3, 0.4) is 0 Å². The Morgan fingerprint density at radius 3 is 2.67 bits per heavy atom. The molecule has 27 heavy (non-hydrogen) atoms. The normalized spacial score (nSPS) is 16.1. The number of halogens is 1. The third-order valence-electron chi connectivity index (χ3n) is 5.26. The van der Waals surface area contributed by atoms with Gasteiger partial charge in [0.25, 0.3) is 0 Å². The van der Waals surface area contributed by atoms with Crippen molar-refractivity contribution in [3.05, 3.63) is 59.3 Å². The smallest absolute Gasteiger partial charge is 0.167 e. The second-order valence-electron chi connectivity index (χ2n) is 7.50. The third-order valence-corrected chi connectivity index (χ3v) is 5.26. The maximum Gasteiger partial charge on any atom is 0.167 e. The fourth-order valence-electron chi connectivity index (χ4n) is 3.21. The molecule has 4 rings (SSSR count). The van der Waals surface area contributed by atoms with E-state index < -0.39 is 5.41 Å². The largest absolute Gasteiger partial charge is 0.491 e. The molecule has 0 saturated heterocycles. The van der Waals surface area contributed by atoms with Crippen LogP contribution in [0, 0.1) is 30.0 Å². The van der Waals surface area contributed by atoms with Crippen LogP contribution in [0.15, 0.2) is 36.5 Å². The van der Waals surface area contributed by atoms with Gasteiger partial charge in [-0.05, 0) is 56.4 Å². The molecule has 5 nitrogen and oxygen atoms in total. The molecule has 0 aliphatic heterocycles. The molecule has 6 heteroatoms. The number of ether oxygens (including phenoxy) is 1. The maximum atomic E-state index is 13.2. The molecule has 138 valence electrons. The Bertz CT molecular complexity index is 1020. The van der Waals surface area contributed by atoms with E-state index in [4.69, 9.17) is 4.74 Å². The number of hydrogen-bond donors (Lipinski definition) is 0. The van der Waals surface area contributed by atoms with E-state index in [-0.39, 0.29) is 12.4 Å². The number of rotatable bonds is 6. The fourth-order valence-corrected chi connectivity index (χ4v) is 3.21. The minimum Gasteiger partial charge on any atom is -0.491 e. The van der Waals surface area contributed by atoms with Crippen molar-refractivity contribution >= 4 is 5.65 Å². The summed E-state index contributed by atoms with van der Waals surface area (Å²) < 4.78 is 21.2. The molecule has 1 saturated carbocycles. The molecule has 0 unspecified atom stereocenters. The molecule has 2 aromatic heterocycles. The van der Waals surface area contributed by atoms with Gasteiger partial charge in [-0.25, -0.2) is 4.39 Å². The molecule has 2 heterocycles. The van der Waals surface area contributed by atoms with Crippen molar-refractivity contribution in [3.63, 3.8) is 0 Å². The van der Waals surface area contributed by atoms with Crippen molar-refractivity contribution in [2.75, 3.05) is 6.61 Å². The first-order chi connectivity index (χ1) is 13.0. The predicted octanol–water partition coefficient (Wildman–Crippen LogP) is 3.99. The summed E-state index contributed by atoms with van der Waals surface area (Å²) in [4.78, 5) is 0. The van der Waals surface area contributed by atoms with Gasteiger partial charge in [-0.1, -0.05) is 12.1 Å². The van der Waals surface area contributed by atoms with Crippen LogP contribution in [0.2, 0.25) is 0 Å².